The number of fused-ring (bicyclic) bond motifs is 1. The number of halogens is 1. The van der Waals surface area contributed by atoms with Crippen LogP contribution in [0.4, 0.5) is 0 Å². The van der Waals surface area contributed by atoms with Crippen molar-refractivity contribution >= 4 is 15.9 Å². The highest BCUT2D eigenvalue weighted by atomic mass is 79.9. The lowest BCUT2D eigenvalue weighted by Gasteiger charge is -2.35. The second-order valence-electron chi connectivity index (χ2n) is 5.02. The molecule has 0 bridgehead atoms. The number of nitrogens with zero attached hydrogens (tertiary/aromatic N) is 1. The first kappa shape index (κ1) is 12.5. The molecule has 0 spiro atoms. The van der Waals surface area contributed by atoms with Crippen LogP contribution >= 0.6 is 15.9 Å². The molecule has 1 saturated heterocycles. The van der Waals surface area contributed by atoms with Crippen LogP contribution in [0.5, 0.6) is 0 Å². The molecule has 0 unspecified atom stereocenters. The maximum Gasteiger partial charge on any atom is 0.164 e. The first-order valence-corrected chi connectivity index (χ1v) is 6.18. The van der Waals surface area contributed by atoms with E-state index in [0.717, 1.165) is 4.48 Å². The molecule has 0 aromatic rings. The average molecular weight is 292 g/mol. The Bertz CT molecular complexity index is 316. The first-order valence-electron chi connectivity index (χ1n) is 5.39. The van der Waals surface area contributed by atoms with Crippen molar-refractivity contribution in [3.63, 3.8) is 0 Å². The Kier molecular flexibility index (Phi) is 3.18. The van der Waals surface area contributed by atoms with Gasteiger partial charge in [0.2, 0.25) is 0 Å². The SMILES string of the molecule is CN(C)[C@H]1C=C(Br)[C@H]2OC(C)(C)O[C@H]2[C@@H]1O. The smallest absolute Gasteiger partial charge is 0.164 e. The van der Waals surface area contributed by atoms with Gasteiger partial charge in [-0.25, -0.2) is 0 Å². The molecule has 0 aromatic carbocycles. The van der Waals surface area contributed by atoms with Crippen molar-refractivity contribution in [3.8, 4) is 0 Å². The minimum Gasteiger partial charge on any atom is -0.388 e. The fraction of sp³-hybridized carbons (Fsp3) is 0.818. The van der Waals surface area contributed by atoms with Crippen LogP contribution in [0.2, 0.25) is 0 Å². The molecule has 1 fully saturated rings. The Balaban J connectivity index is 2.27. The van der Waals surface area contributed by atoms with E-state index in [9.17, 15) is 5.11 Å². The average Bonchev–Trinajstić information content (AvgIpc) is 2.48. The van der Waals surface area contributed by atoms with Crippen molar-refractivity contribution < 1.29 is 14.6 Å². The zero-order valence-electron chi connectivity index (χ0n) is 9.98. The summed E-state index contributed by atoms with van der Waals surface area (Å²) in [4.78, 5) is 1.97. The summed E-state index contributed by atoms with van der Waals surface area (Å²) in [6, 6.07) is -0.0480. The largest absolute Gasteiger partial charge is 0.388 e. The molecule has 1 heterocycles. The van der Waals surface area contributed by atoms with E-state index in [0.29, 0.717) is 0 Å². The van der Waals surface area contributed by atoms with Gasteiger partial charge in [0, 0.05) is 4.48 Å². The number of hydrogen-bond donors (Lipinski definition) is 1. The van der Waals surface area contributed by atoms with E-state index in [1.165, 1.54) is 0 Å². The van der Waals surface area contributed by atoms with E-state index in [1.807, 2.05) is 38.9 Å². The summed E-state index contributed by atoms with van der Waals surface area (Å²) in [5.74, 6) is -0.635. The summed E-state index contributed by atoms with van der Waals surface area (Å²) in [6.07, 6.45) is 0.919. The Labute approximate surface area is 104 Å². The minimum absolute atomic E-state index is 0.0480. The molecular formula is C11H18BrNO3. The van der Waals surface area contributed by atoms with Crippen molar-refractivity contribution in [2.45, 2.75) is 44.0 Å². The highest BCUT2D eigenvalue weighted by Crippen LogP contribution is 2.40. The number of likely N-dealkylation sites (N-methyl/N-ethyl adjacent to an activating group) is 1. The number of ether oxygens (including phenoxy) is 2. The van der Waals surface area contributed by atoms with Gasteiger partial charge in [0.05, 0.1) is 6.04 Å². The van der Waals surface area contributed by atoms with Crippen LogP contribution in [-0.4, -0.2) is 54.2 Å². The lowest BCUT2D eigenvalue weighted by atomic mass is 9.93. The lowest BCUT2D eigenvalue weighted by molar-refractivity contribution is -0.155. The van der Waals surface area contributed by atoms with Gasteiger partial charge in [0.25, 0.3) is 0 Å². The summed E-state index contributed by atoms with van der Waals surface area (Å²) in [5, 5.41) is 10.2. The van der Waals surface area contributed by atoms with Crippen LogP contribution in [0.15, 0.2) is 10.6 Å². The van der Waals surface area contributed by atoms with Gasteiger partial charge >= 0.3 is 0 Å². The monoisotopic (exact) mass is 291 g/mol. The third-order valence-corrected chi connectivity index (χ3v) is 3.73. The van der Waals surface area contributed by atoms with Gasteiger partial charge in [-0.15, -0.1) is 0 Å². The maximum atomic E-state index is 10.2. The fourth-order valence-corrected chi connectivity index (χ4v) is 2.88. The van der Waals surface area contributed by atoms with E-state index < -0.39 is 11.9 Å². The predicted octanol–water partition coefficient (Wildman–Crippen LogP) is 1.09. The molecule has 2 rings (SSSR count). The highest BCUT2D eigenvalue weighted by molar-refractivity contribution is 9.11. The molecule has 1 N–H and O–H groups in total. The lowest BCUT2D eigenvalue weighted by Crippen LogP contribution is -2.51. The van der Waals surface area contributed by atoms with Gasteiger partial charge in [0.15, 0.2) is 5.79 Å². The third kappa shape index (κ3) is 2.07. The van der Waals surface area contributed by atoms with Gasteiger partial charge in [-0.3, -0.25) is 0 Å². The van der Waals surface area contributed by atoms with Crippen LogP contribution in [0, 0.1) is 0 Å². The van der Waals surface area contributed by atoms with Gasteiger partial charge < -0.3 is 19.5 Å². The molecule has 0 amide bonds. The number of aliphatic hydroxyl groups is 1. The quantitative estimate of drug-likeness (QED) is 0.785. The highest BCUT2D eigenvalue weighted by Gasteiger charge is 2.50. The molecule has 1 aliphatic heterocycles. The first-order chi connectivity index (χ1) is 7.32. The Hall–Kier alpha value is 0.0600. The molecule has 16 heavy (non-hydrogen) atoms. The van der Waals surface area contributed by atoms with Gasteiger partial charge in [-0.2, -0.15) is 0 Å². The molecule has 0 saturated carbocycles. The van der Waals surface area contributed by atoms with Crippen molar-refractivity contribution in [2.75, 3.05) is 14.1 Å². The zero-order chi connectivity index (χ0) is 12.1. The van der Waals surface area contributed by atoms with E-state index in [1.54, 1.807) is 0 Å². The summed E-state index contributed by atoms with van der Waals surface area (Å²) in [5.41, 5.74) is 0. The van der Waals surface area contributed by atoms with Crippen LogP contribution in [0.3, 0.4) is 0 Å². The Morgan fingerprint density at radius 1 is 1.38 bits per heavy atom. The Morgan fingerprint density at radius 3 is 2.56 bits per heavy atom. The van der Waals surface area contributed by atoms with E-state index in [-0.39, 0.29) is 18.2 Å². The third-order valence-electron chi connectivity index (χ3n) is 3.01. The van der Waals surface area contributed by atoms with E-state index in [2.05, 4.69) is 15.9 Å². The molecule has 92 valence electrons. The van der Waals surface area contributed by atoms with Crippen LogP contribution in [0.25, 0.3) is 0 Å². The molecule has 5 heteroatoms. The van der Waals surface area contributed by atoms with Gasteiger partial charge in [-0.1, -0.05) is 22.0 Å². The summed E-state index contributed by atoms with van der Waals surface area (Å²) in [6.45, 7) is 3.73. The van der Waals surface area contributed by atoms with Crippen molar-refractivity contribution in [3.05, 3.63) is 10.6 Å². The number of hydrogen-bond acceptors (Lipinski definition) is 4. The molecule has 1 aliphatic carbocycles. The fourth-order valence-electron chi connectivity index (χ4n) is 2.26. The van der Waals surface area contributed by atoms with Crippen molar-refractivity contribution in [1.29, 1.82) is 0 Å². The van der Waals surface area contributed by atoms with Crippen LogP contribution < -0.4 is 0 Å². The summed E-state index contributed by atoms with van der Waals surface area (Å²) in [7, 11) is 3.87. The van der Waals surface area contributed by atoms with Gasteiger partial charge in [0.1, 0.15) is 18.3 Å². The molecule has 2 aliphatic rings. The zero-order valence-corrected chi connectivity index (χ0v) is 11.6. The van der Waals surface area contributed by atoms with Crippen molar-refractivity contribution in [1.82, 2.24) is 4.90 Å². The Morgan fingerprint density at radius 2 is 2.00 bits per heavy atom. The predicted molar refractivity (Wildman–Crippen MR) is 64.3 cm³/mol. The molecule has 0 aromatic heterocycles. The van der Waals surface area contributed by atoms with Crippen molar-refractivity contribution in [2.24, 2.45) is 0 Å². The second kappa shape index (κ2) is 4.07. The van der Waals surface area contributed by atoms with E-state index in [4.69, 9.17) is 9.47 Å². The second-order valence-corrected chi connectivity index (χ2v) is 5.93. The molecule has 0 radical (unpaired) electrons. The summed E-state index contributed by atoms with van der Waals surface area (Å²) < 4.78 is 12.4. The standard InChI is InChI=1S/C11H18BrNO3/c1-11(2)15-9-6(12)5-7(13(3)4)8(14)10(9)16-11/h5,7-10,14H,1-4H3/t7-,8+,9+,10-/m0/s1. The summed E-state index contributed by atoms with van der Waals surface area (Å²) >= 11 is 3.50. The topological polar surface area (TPSA) is 41.9 Å². The molecule has 4 nitrogen and oxygen atoms in total. The normalized spacial score (nSPS) is 42.1. The molecular weight excluding hydrogens is 274 g/mol. The van der Waals surface area contributed by atoms with Crippen LogP contribution in [-0.2, 0) is 9.47 Å². The van der Waals surface area contributed by atoms with Crippen LogP contribution in [0.1, 0.15) is 13.8 Å². The van der Waals surface area contributed by atoms with Gasteiger partial charge in [-0.05, 0) is 27.9 Å². The molecule has 4 atom stereocenters. The number of aliphatic hydroxyl groups excluding tert-OH is 1. The minimum atomic E-state index is -0.635. The number of rotatable bonds is 1. The maximum absolute atomic E-state index is 10.2. The van der Waals surface area contributed by atoms with E-state index >= 15 is 0 Å².